The maximum Gasteiger partial charge on any atom is 0.409 e. The van der Waals surface area contributed by atoms with E-state index < -0.39 is 0 Å². The molecule has 1 saturated heterocycles. The van der Waals surface area contributed by atoms with Gasteiger partial charge in [-0.25, -0.2) is 4.79 Å². The van der Waals surface area contributed by atoms with Crippen LogP contribution in [0, 0.1) is 5.92 Å². The van der Waals surface area contributed by atoms with Crippen LogP contribution in [0.1, 0.15) is 33.1 Å². The summed E-state index contributed by atoms with van der Waals surface area (Å²) in [4.78, 5) is 13.1. The van der Waals surface area contributed by atoms with Crippen LogP contribution in [0.5, 0.6) is 0 Å². The van der Waals surface area contributed by atoms with Gasteiger partial charge in [0.1, 0.15) is 0 Å². The van der Waals surface area contributed by atoms with Crippen molar-refractivity contribution >= 4 is 6.09 Å². The van der Waals surface area contributed by atoms with Gasteiger partial charge in [0.05, 0.1) is 12.7 Å². The van der Waals surface area contributed by atoms with Gasteiger partial charge in [-0.15, -0.1) is 0 Å². The molecule has 0 unspecified atom stereocenters. The molecule has 0 aromatic carbocycles. The minimum Gasteiger partial charge on any atom is -0.450 e. The Kier molecular flexibility index (Phi) is 4.88. The predicted octanol–water partition coefficient (Wildman–Crippen LogP) is 1.63. The zero-order chi connectivity index (χ0) is 11.3. The lowest BCUT2D eigenvalue weighted by Crippen LogP contribution is -2.39. The number of carbonyl (C=O) groups is 1. The fourth-order valence-corrected chi connectivity index (χ4v) is 2.05. The topological polar surface area (TPSA) is 49.8 Å². The number of aliphatic hydroxyl groups excluding tert-OH is 1. The van der Waals surface area contributed by atoms with Crippen molar-refractivity contribution < 1.29 is 14.6 Å². The van der Waals surface area contributed by atoms with E-state index in [-0.39, 0.29) is 12.2 Å². The lowest BCUT2D eigenvalue weighted by atomic mass is 9.92. The zero-order valence-corrected chi connectivity index (χ0v) is 9.61. The Hall–Kier alpha value is -0.770. The molecular formula is C11H21NO3. The highest BCUT2D eigenvalue weighted by Crippen LogP contribution is 2.22. The van der Waals surface area contributed by atoms with Gasteiger partial charge < -0.3 is 14.7 Å². The highest BCUT2D eigenvalue weighted by Gasteiger charge is 2.23. The number of nitrogens with zero attached hydrogens (tertiary/aromatic N) is 1. The third-order valence-electron chi connectivity index (χ3n) is 2.81. The molecule has 1 atom stereocenters. The Morgan fingerprint density at radius 1 is 1.53 bits per heavy atom. The van der Waals surface area contributed by atoms with Crippen LogP contribution in [0.3, 0.4) is 0 Å². The number of hydrogen-bond acceptors (Lipinski definition) is 3. The summed E-state index contributed by atoms with van der Waals surface area (Å²) in [5, 5.41) is 9.26. The third-order valence-corrected chi connectivity index (χ3v) is 2.81. The molecule has 4 heteroatoms. The minimum absolute atomic E-state index is 0.201. The van der Waals surface area contributed by atoms with Crippen molar-refractivity contribution in [2.45, 2.75) is 39.2 Å². The van der Waals surface area contributed by atoms with Crippen molar-refractivity contribution in [2.75, 3.05) is 19.7 Å². The largest absolute Gasteiger partial charge is 0.450 e. The Morgan fingerprint density at radius 2 is 2.13 bits per heavy atom. The Balaban J connectivity index is 2.26. The first-order valence-corrected chi connectivity index (χ1v) is 5.73. The van der Waals surface area contributed by atoms with E-state index in [2.05, 4.69) is 0 Å². The summed E-state index contributed by atoms with van der Waals surface area (Å²) in [6.07, 6.45) is 2.36. The normalized spacial score (nSPS) is 20.1. The van der Waals surface area contributed by atoms with Crippen molar-refractivity contribution in [1.29, 1.82) is 0 Å². The molecule has 88 valence electrons. The smallest absolute Gasteiger partial charge is 0.409 e. The molecule has 1 heterocycles. The van der Waals surface area contributed by atoms with Crippen LogP contribution in [-0.4, -0.2) is 41.9 Å². The maximum atomic E-state index is 11.4. The molecule has 4 nitrogen and oxygen atoms in total. The van der Waals surface area contributed by atoms with E-state index in [4.69, 9.17) is 4.74 Å². The molecule has 0 aromatic heterocycles. The first kappa shape index (κ1) is 12.3. The molecule has 1 aliphatic heterocycles. The molecule has 0 saturated carbocycles. The van der Waals surface area contributed by atoms with Crippen LogP contribution in [0.25, 0.3) is 0 Å². The van der Waals surface area contributed by atoms with E-state index in [0.29, 0.717) is 12.5 Å². The quantitative estimate of drug-likeness (QED) is 0.778. The molecule has 0 aliphatic carbocycles. The number of ether oxygens (including phenoxy) is 1. The van der Waals surface area contributed by atoms with Crippen LogP contribution < -0.4 is 0 Å². The summed E-state index contributed by atoms with van der Waals surface area (Å²) >= 11 is 0. The van der Waals surface area contributed by atoms with Crippen molar-refractivity contribution in [2.24, 2.45) is 5.92 Å². The molecule has 1 aliphatic rings. The van der Waals surface area contributed by atoms with E-state index in [1.54, 1.807) is 4.90 Å². The summed E-state index contributed by atoms with van der Waals surface area (Å²) in [6.45, 7) is 5.59. The average molecular weight is 215 g/mol. The average Bonchev–Trinajstić information content (AvgIpc) is 2.18. The van der Waals surface area contributed by atoms with Crippen LogP contribution >= 0.6 is 0 Å². The SMILES string of the molecule is CCOC(=O)N1CCC(C[C@@H](C)O)CC1. The van der Waals surface area contributed by atoms with Crippen LogP contribution in [0.2, 0.25) is 0 Å². The molecule has 0 bridgehead atoms. The summed E-state index contributed by atoms with van der Waals surface area (Å²) < 4.78 is 4.94. The van der Waals surface area contributed by atoms with Gasteiger partial charge in [0.25, 0.3) is 0 Å². The second-order valence-electron chi connectivity index (χ2n) is 4.21. The van der Waals surface area contributed by atoms with Gasteiger partial charge in [-0.2, -0.15) is 0 Å². The Labute approximate surface area is 91.2 Å². The van der Waals surface area contributed by atoms with E-state index in [9.17, 15) is 9.90 Å². The third kappa shape index (κ3) is 4.08. The van der Waals surface area contributed by atoms with E-state index in [0.717, 1.165) is 32.4 Å². The minimum atomic E-state index is -0.232. The van der Waals surface area contributed by atoms with Gasteiger partial charge in [-0.1, -0.05) is 0 Å². The second kappa shape index (κ2) is 5.95. The summed E-state index contributed by atoms with van der Waals surface area (Å²) in [5.41, 5.74) is 0. The summed E-state index contributed by atoms with van der Waals surface area (Å²) in [7, 11) is 0. The van der Waals surface area contributed by atoms with Gasteiger partial charge in [-0.05, 0) is 39.0 Å². The molecule has 1 fully saturated rings. The molecule has 0 aromatic rings. The molecule has 15 heavy (non-hydrogen) atoms. The van der Waals surface area contributed by atoms with Crippen molar-refractivity contribution in [1.82, 2.24) is 4.90 Å². The predicted molar refractivity (Wildman–Crippen MR) is 57.6 cm³/mol. The van der Waals surface area contributed by atoms with E-state index >= 15 is 0 Å². The maximum absolute atomic E-state index is 11.4. The van der Waals surface area contributed by atoms with Crippen LogP contribution in [-0.2, 0) is 4.74 Å². The Morgan fingerprint density at radius 3 is 2.60 bits per heavy atom. The van der Waals surface area contributed by atoms with Gasteiger partial charge in [0, 0.05) is 13.1 Å². The van der Waals surface area contributed by atoms with Gasteiger partial charge >= 0.3 is 6.09 Å². The summed E-state index contributed by atoms with van der Waals surface area (Å²) in [6, 6.07) is 0. The number of rotatable bonds is 3. The van der Waals surface area contributed by atoms with Crippen molar-refractivity contribution in [3.63, 3.8) is 0 Å². The zero-order valence-electron chi connectivity index (χ0n) is 9.61. The number of piperidine rings is 1. The number of aliphatic hydroxyl groups is 1. The molecule has 0 spiro atoms. The van der Waals surface area contributed by atoms with Gasteiger partial charge in [-0.3, -0.25) is 0 Å². The Bertz CT molecular complexity index is 198. The molecule has 0 radical (unpaired) electrons. The van der Waals surface area contributed by atoms with Crippen LogP contribution in [0.15, 0.2) is 0 Å². The number of carbonyl (C=O) groups excluding carboxylic acids is 1. The standard InChI is InChI=1S/C11H21NO3/c1-3-15-11(14)12-6-4-10(5-7-12)8-9(2)13/h9-10,13H,3-8H2,1-2H3/t9-/m1/s1. The number of hydrogen-bond donors (Lipinski definition) is 1. The monoisotopic (exact) mass is 215 g/mol. The molecule has 1 N–H and O–H groups in total. The van der Waals surface area contributed by atoms with Crippen molar-refractivity contribution in [3.05, 3.63) is 0 Å². The molecular weight excluding hydrogens is 194 g/mol. The lowest BCUT2D eigenvalue weighted by Gasteiger charge is -2.31. The second-order valence-corrected chi connectivity index (χ2v) is 4.21. The van der Waals surface area contributed by atoms with E-state index in [1.807, 2.05) is 13.8 Å². The van der Waals surface area contributed by atoms with Crippen molar-refractivity contribution in [3.8, 4) is 0 Å². The molecule has 1 rings (SSSR count). The van der Waals surface area contributed by atoms with Crippen LogP contribution in [0.4, 0.5) is 4.79 Å². The highest BCUT2D eigenvalue weighted by atomic mass is 16.6. The fourth-order valence-electron chi connectivity index (χ4n) is 2.05. The first-order valence-electron chi connectivity index (χ1n) is 5.73. The number of amides is 1. The number of likely N-dealkylation sites (tertiary alicyclic amines) is 1. The molecule has 1 amide bonds. The van der Waals surface area contributed by atoms with E-state index in [1.165, 1.54) is 0 Å². The highest BCUT2D eigenvalue weighted by molar-refractivity contribution is 5.67. The first-order chi connectivity index (χ1) is 7.13. The van der Waals surface area contributed by atoms with Gasteiger partial charge in [0.2, 0.25) is 0 Å². The summed E-state index contributed by atoms with van der Waals surface area (Å²) in [5.74, 6) is 0.552. The fraction of sp³-hybridized carbons (Fsp3) is 0.909. The van der Waals surface area contributed by atoms with Gasteiger partial charge in [0.15, 0.2) is 0 Å². The lowest BCUT2D eigenvalue weighted by molar-refractivity contribution is 0.0820.